The standard InChI is InChI=1S/C44H24O/c1-3-25-7-11-31-19-35(20-32-12-8-26(4-1)41(25)43(31)32)29-15-17-39-37(23-29)38-24-30(16-18-40(38)45-39)36-21-33-13-9-27-5-2-6-28-10-14-34(22-36)44(33)42(27)28/h1-24H/i1D,2D,3D,4D,5D,6D,7D,8D,9D,10D,11D,12D,13D,14D,15D,16D,17D,18D,19D,20D,21D,22D,23D,24D. The zero-order chi connectivity index (χ0) is 50.1. The Labute approximate surface area is 291 Å². The summed E-state index contributed by atoms with van der Waals surface area (Å²) in [5.41, 5.74) is -3.71. The van der Waals surface area contributed by atoms with Crippen LogP contribution in [0.15, 0.2) is 149 Å². The lowest BCUT2D eigenvalue weighted by molar-refractivity contribution is 0.669. The maximum Gasteiger partial charge on any atom is 0.135 e. The van der Waals surface area contributed by atoms with Gasteiger partial charge in [-0.25, -0.2) is 0 Å². The van der Waals surface area contributed by atoms with Gasteiger partial charge in [0.2, 0.25) is 0 Å². The minimum atomic E-state index is -0.844. The topological polar surface area (TPSA) is 13.1 Å². The molecule has 1 heterocycles. The first-order valence-electron chi connectivity index (χ1n) is 25.7. The van der Waals surface area contributed by atoms with E-state index in [4.69, 9.17) is 26.3 Å². The second-order valence-electron chi connectivity index (χ2n) is 10.5. The van der Waals surface area contributed by atoms with Crippen molar-refractivity contribution in [2.45, 2.75) is 0 Å². The van der Waals surface area contributed by atoms with Gasteiger partial charge in [0, 0.05) is 10.8 Å². The van der Waals surface area contributed by atoms with E-state index in [2.05, 4.69) is 0 Å². The lowest BCUT2D eigenvalue weighted by Gasteiger charge is -2.13. The van der Waals surface area contributed by atoms with E-state index in [-0.39, 0.29) is 43.1 Å². The van der Waals surface area contributed by atoms with E-state index >= 15 is 0 Å². The van der Waals surface area contributed by atoms with Crippen LogP contribution in [-0.4, -0.2) is 0 Å². The Bertz CT molecular complexity index is 3890. The SMILES string of the molecule is [2H]c1c(-c2c([2H])c3c([2H])c([2H])c4c([2H])c([2H])c([2H])c5c([2H])c([2H])c(c2[2H])c3c45)c([2H])c2c(oc3c([2H])c([2H])c(-c4c([2H])c5c([2H])c([2H])c6c([2H])c([2H])c([2H])c7c([2H])c([2H])c(c4[2H])c5c67)c([2H])c32)c1[2H]. The van der Waals surface area contributed by atoms with Gasteiger partial charge in [0.05, 0.1) is 32.9 Å². The van der Waals surface area contributed by atoms with Crippen molar-refractivity contribution < 1.29 is 37.3 Å². The number of rotatable bonds is 2. The van der Waals surface area contributed by atoms with Gasteiger partial charge < -0.3 is 4.42 Å². The second-order valence-corrected chi connectivity index (χ2v) is 10.5. The molecule has 0 unspecified atom stereocenters. The van der Waals surface area contributed by atoms with Crippen LogP contribution >= 0.6 is 0 Å². The van der Waals surface area contributed by atoms with Crippen LogP contribution in [0.3, 0.4) is 0 Å². The summed E-state index contributed by atoms with van der Waals surface area (Å²) in [6.07, 6.45) is 0. The van der Waals surface area contributed by atoms with Gasteiger partial charge in [-0.05, 0) is 135 Å². The molecule has 45 heavy (non-hydrogen) atoms. The molecule has 0 radical (unpaired) electrons. The fraction of sp³-hybridized carbons (Fsp3) is 0. The Morgan fingerprint density at radius 1 is 0.311 bits per heavy atom. The zero-order valence-electron chi connectivity index (χ0n) is 46.4. The molecule has 0 aliphatic rings. The summed E-state index contributed by atoms with van der Waals surface area (Å²) in [6, 6.07) is -17.4. The highest BCUT2D eigenvalue weighted by Crippen LogP contribution is 2.41. The summed E-state index contributed by atoms with van der Waals surface area (Å²) in [7, 11) is 0. The Hall–Kier alpha value is -5.92. The molecule has 11 aromatic rings. The number of fused-ring (bicyclic) bond motifs is 3. The van der Waals surface area contributed by atoms with Crippen molar-refractivity contribution in [1.29, 1.82) is 0 Å². The number of hydrogen-bond acceptors (Lipinski definition) is 1. The predicted molar refractivity (Wildman–Crippen MR) is 192 cm³/mol. The molecule has 1 heteroatoms. The van der Waals surface area contributed by atoms with Crippen molar-refractivity contribution in [2.24, 2.45) is 0 Å². The van der Waals surface area contributed by atoms with Gasteiger partial charge in [0.1, 0.15) is 11.2 Å². The van der Waals surface area contributed by atoms with Crippen LogP contribution < -0.4 is 0 Å². The summed E-state index contributed by atoms with van der Waals surface area (Å²) in [5.74, 6) is 0. The first kappa shape index (κ1) is 10.6. The largest absolute Gasteiger partial charge is 0.456 e. The Balaban J connectivity index is 1.30. The maximum absolute atomic E-state index is 9.65. The van der Waals surface area contributed by atoms with Gasteiger partial charge >= 0.3 is 0 Å². The molecule has 0 saturated heterocycles. The van der Waals surface area contributed by atoms with Gasteiger partial charge in [-0.3, -0.25) is 0 Å². The molecule has 206 valence electrons. The van der Waals surface area contributed by atoms with E-state index in [1.165, 1.54) is 0 Å². The molecular formula is C44H24O. The molecule has 0 N–H and O–H groups in total. The van der Waals surface area contributed by atoms with Gasteiger partial charge in [-0.2, -0.15) is 0 Å². The molecule has 0 atom stereocenters. The molecule has 11 rings (SSSR count). The third-order valence-corrected chi connectivity index (χ3v) is 8.01. The summed E-state index contributed by atoms with van der Waals surface area (Å²) < 4.78 is 223. The van der Waals surface area contributed by atoms with E-state index in [9.17, 15) is 11.0 Å². The molecule has 1 aromatic heterocycles. The summed E-state index contributed by atoms with van der Waals surface area (Å²) >= 11 is 0. The van der Waals surface area contributed by atoms with Crippen LogP contribution in [0.25, 0.3) is 109 Å². The van der Waals surface area contributed by atoms with Crippen LogP contribution in [0.2, 0.25) is 0 Å². The number of furan rings is 1. The highest BCUT2D eigenvalue weighted by Gasteiger charge is 2.15. The van der Waals surface area contributed by atoms with Crippen LogP contribution in [0.4, 0.5) is 0 Å². The van der Waals surface area contributed by atoms with E-state index in [1.807, 2.05) is 0 Å². The first-order valence-corrected chi connectivity index (χ1v) is 13.7. The average molecular weight is 593 g/mol. The smallest absolute Gasteiger partial charge is 0.135 e. The van der Waals surface area contributed by atoms with E-state index < -0.39 is 211 Å². The van der Waals surface area contributed by atoms with E-state index in [0.717, 1.165) is 0 Å². The Morgan fingerprint density at radius 3 is 1.02 bits per heavy atom. The average Bonchev–Trinajstić information content (AvgIpc) is 3.71. The normalized spacial score (nSPS) is 19.9. The number of benzene rings is 10. The minimum absolute atomic E-state index is 0.177. The lowest BCUT2D eigenvalue weighted by Crippen LogP contribution is -1.86. The minimum Gasteiger partial charge on any atom is -0.456 e. The van der Waals surface area contributed by atoms with E-state index in [0.29, 0.717) is 0 Å². The molecule has 0 fully saturated rings. The van der Waals surface area contributed by atoms with Crippen molar-refractivity contribution in [2.75, 3.05) is 0 Å². The lowest BCUT2D eigenvalue weighted by atomic mass is 9.90. The molecule has 0 bridgehead atoms. The van der Waals surface area contributed by atoms with Crippen molar-refractivity contribution in [1.82, 2.24) is 0 Å². The molecule has 1 nitrogen and oxygen atoms in total. The molecule has 0 saturated carbocycles. The Morgan fingerprint density at radius 2 is 0.644 bits per heavy atom. The highest BCUT2D eigenvalue weighted by molar-refractivity contribution is 6.25. The molecule has 0 amide bonds. The Kier molecular flexibility index (Phi) is 1.97. The van der Waals surface area contributed by atoms with E-state index in [1.54, 1.807) is 0 Å². The van der Waals surface area contributed by atoms with Crippen LogP contribution in [0.1, 0.15) is 32.9 Å². The highest BCUT2D eigenvalue weighted by atomic mass is 16.3. The van der Waals surface area contributed by atoms with Crippen molar-refractivity contribution in [3.05, 3.63) is 145 Å². The molecule has 0 spiro atoms. The van der Waals surface area contributed by atoms with Gasteiger partial charge in [-0.15, -0.1) is 0 Å². The molecule has 0 aliphatic heterocycles. The quantitative estimate of drug-likeness (QED) is 0.182. The maximum atomic E-state index is 9.65. The monoisotopic (exact) mass is 592 g/mol. The van der Waals surface area contributed by atoms with Crippen molar-refractivity contribution in [3.8, 4) is 22.3 Å². The third kappa shape index (κ3) is 3.22. The van der Waals surface area contributed by atoms with Crippen molar-refractivity contribution in [3.63, 3.8) is 0 Å². The molecular weight excluding hydrogens is 544 g/mol. The van der Waals surface area contributed by atoms with Crippen molar-refractivity contribution >= 4 is 86.6 Å². The van der Waals surface area contributed by atoms with Gasteiger partial charge in [-0.1, -0.05) is 96.7 Å². The summed E-state index contributed by atoms with van der Waals surface area (Å²) in [4.78, 5) is 0. The second kappa shape index (κ2) is 8.37. The van der Waals surface area contributed by atoms with Gasteiger partial charge in [0.25, 0.3) is 0 Å². The van der Waals surface area contributed by atoms with Gasteiger partial charge in [0.15, 0.2) is 0 Å². The van der Waals surface area contributed by atoms with Crippen LogP contribution in [-0.2, 0) is 0 Å². The molecule has 10 aromatic carbocycles. The number of hydrogen-bond donors (Lipinski definition) is 0. The third-order valence-electron chi connectivity index (χ3n) is 8.01. The van der Waals surface area contributed by atoms with Crippen LogP contribution in [0, 0.1) is 0 Å². The van der Waals surface area contributed by atoms with Crippen LogP contribution in [0.5, 0.6) is 0 Å². The molecule has 0 aliphatic carbocycles. The first-order chi connectivity index (χ1) is 32.3. The predicted octanol–water partition coefficient (Wildman–Crippen LogP) is 12.7. The summed E-state index contributed by atoms with van der Waals surface area (Å²) in [6.45, 7) is 0. The fourth-order valence-corrected chi connectivity index (χ4v) is 6.02. The zero-order valence-corrected chi connectivity index (χ0v) is 22.4. The summed E-state index contributed by atoms with van der Waals surface area (Å²) in [5, 5.41) is -4.73. The fourth-order valence-electron chi connectivity index (χ4n) is 6.02.